The normalized spacial score (nSPS) is 23.3. The van der Waals surface area contributed by atoms with Crippen LogP contribution in [-0.4, -0.2) is 37.0 Å². The zero-order chi connectivity index (χ0) is 10.8. The molecule has 1 fully saturated rings. The third-order valence-corrected chi connectivity index (χ3v) is 3.21. The van der Waals surface area contributed by atoms with Gasteiger partial charge in [-0.15, -0.1) is 0 Å². The fourth-order valence-electron chi connectivity index (χ4n) is 1.54. The maximum atomic E-state index is 11.6. The van der Waals surface area contributed by atoms with Crippen LogP contribution >= 0.6 is 0 Å². The van der Waals surface area contributed by atoms with Gasteiger partial charge >= 0.3 is 0 Å². The molecule has 1 aliphatic rings. The van der Waals surface area contributed by atoms with Crippen LogP contribution in [0.4, 0.5) is 0 Å². The zero-order valence-corrected chi connectivity index (χ0v) is 9.76. The molecule has 0 bridgehead atoms. The quantitative estimate of drug-likeness (QED) is 0.737. The van der Waals surface area contributed by atoms with Gasteiger partial charge < -0.3 is 10.2 Å². The average molecular weight is 198 g/mol. The van der Waals surface area contributed by atoms with E-state index in [2.05, 4.69) is 26.1 Å². The van der Waals surface area contributed by atoms with E-state index in [-0.39, 0.29) is 11.9 Å². The predicted octanol–water partition coefficient (Wildman–Crippen LogP) is 1.24. The molecule has 0 aliphatic carbocycles. The van der Waals surface area contributed by atoms with Crippen molar-refractivity contribution in [1.82, 2.24) is 10.2 Å². The van der Waals surface area contributed by atoms with E-state index in [4.69, 9.17) is 0 Å². The molecule has 0 saturated carbocycles. The summed E-state index contributed by atoms with van der Waals surface area (Å²) in [6, 6.07) is 0.0609. The van der Waals surface area contributed by atoms with Gasteiger partial charge in [-0.2, -0.15) is 0 Å². The lowest BCUT2D eigenvalue weighted by molar-refractivity contribution is -0.128. The van der Waals surface area contributed by atoms with Crippen LogP contribution < -0.4 is 5.32 Å². The number of likely N-dealkylation sites (N-methyl/N-ethyl adjacent to an activating group) is 1. The molecule has 82 valence electrons. The summed E-state index contributed by atoms with van der Waals surface area (Å²) in [6.45, 7) is 8.45. The van der Waals surface area contributed by atoms with Gasteiger partial charge in [-0.25, -0.2) is 0 Å². The van der Waals surface area contributed by atoms with E-state index >= 15 is 0 Å². The summed E-state index contributed by atoms with van der Waals surface area (Å²) < 4.78 is 0. The largest absolute Gasteiger partial charge is 0.344 e. The van der Waals surface area contributed by atoms with Crippen LogP contribution in [0, 0.1) is 5.41 Å². The van der Waals surface area contributed by atoms with Crippen LogP contribution in [0.3, 0.4) is 0 Å². The van der Waals surface area contributed by atoms with Gasteiger partial charge in [0.1, 0.15) is 0 Å². The van der Waals surface area contributed by atoms with Gasteiger partial charge in [0.15, 0.2) is 0 Å². The highest BCUT2D eigenvalue weighted by Crippen LogP contribution is 2.19. The Kier molecular flexibility index (Phi) is 3.53. The molecule has 14 heavy (non-hydrogen) atoms. The number of hydrogen-bond acceptors (Lipinski definition) is 2. The highest BCUT2D eigenvalue weighted by molar-refractivity contribution is 5.83. The molecule has 1 N–H and O–H groups in total. The molecule has 0 radical (unpaired) electrons. The average Bonchev–Trinajstić information content (AvgIpc) is 2.45. The lowest BCUT2D eigenvalue weighted by Crippen LogP contribution is -2.41. The summed E-state index contributed by atoms with van der Waals surface area (Å²) in [6.07, 6.45) is 2.09. The second-order valence-electron chi connectivity index (χ2n) is 5.00. The van der Waals surface area contributed by atoms with Gasteiger partial charge in [-0.05, 0) is 18.3 Å². The van der Waals surface area contributed by atoms with E-state index in [1.54, 1.807) is 4.90 Å². The Hall–Kier alpha value is -0.570. The molecule has 0 spiro atoms. The van der Waals surface area contributed by atoms with Crippen LogP contribution in [0.2, 0.25) is 0 Å². The van der Waals surface area contributed by atoms with Crippen molar-refractivity contribution in [3.8, 4) is 0 Å². The third-order valence-electron chi connectivity index (χ3n) is 3.21. The number of carbonyl (C=O) groups excluding carboxylic acids is 1. The van der Waals surface area contributed by atoms with Crippen LogP contribution in [0.25, 0.3) is 0 Å². The number of likely N-dealkylation sites (tertiary alicyclic amines) is 1. The van der Waals surface area contributed by atoms with Crippen molar-refractivity contribution < 1.29 is 4.79 Å². The molecular formula is C11H22N2O. The fraction of sp³-hybridized carbons (Fsp3) is 0.909. The summed E-state index contributed by atoms with van der Waals surface area (Å²) in [5.74, 6) is 0.247. The van der Waals surface area contributed by atoms with E-state index in [0.29, 0.717) is 5.41 Å². The highest BCUT2D eigenvalue weighted by atomic mass is 16.2. The molecular weight excluding hydrogens is 176 g/mol. The Morgan fingerprint density at radius 2 is 2.21 bits per heavy atom. The Morgan fingerprint density at radius 3 is 2.64 bits per heavy atom. The fourth-order valence-corrected chi connectivity index (χ4v) is 1.54. The first-order chi connectivity index (χ1) is 6.46. The molecule has 3 nitrogen and oxygen atoms in total. The second-order valence-corrected chi connectivity index (χ2v) is 5.00. The van der Waals surface area contributed by atoms with Crippen LogP contribution in [0.1, 0.15) is 33.6 Å². The minimum Gasteiger partial charge on any atom is -0.344 e. The van der Waals surface area contributed by atoms with E-state index in [1.165, 1.54) is 0 Å². The van der Waals surface area contributed by atoms with Gasteiger partial charge in [0.25, 0.3) is 0 Å². The summed E-state index contributed by atoms with van der Waals surface area (Å²) in [4.78, 5) is 13.4. The van der Waals surface area contributed by atoms with Gasteiger partial charge in [-0.3, -0.25) is 4.79 Å². The zero-order valence-electron chi connectivity index (χ0n) is 9.76. The van der Waals surface area contributed by atoms with Crippen molar-refractivity contribution in [3.05, 3.63) is 0 Å². The van der Waals surface area contributed by atoms with E-state index in [9.17, 15) is 4.79 Å². The maximum Gasteiger partial charge on any atom is 0.239 e. The number of rotatable bonds is 4. The molecule has 1 atom stereocenters. The van der Waals surface area contributed by atoms with Crippen LogP contribution in [-0.2, 0) is 4.79 Å². The molecule has 1 unspecified atom stereocenters. The van der Waals surface area contributed by atoms with Crippen molar-refractivity contribution in [2.45, 2.75) is 39.7 Å². The van der Waals surface area contributed by atoms with E-state index in [0.717, 1.165) is 25.9 Å². The first-order valence-electron chi connectivity index (χ1n) is 5.44. The molecule has 3 heteroatoms. The minimum atomic E-state index is 0.0609. The van der Waals surface area contributed by atoms with Crippen molar-refractivity contribution in [1.29, 1.82) is 0 Å². The molecule has 1 heterocycles. The lowest BCUT2D eigenvalue weighted by atomic mass is 9.90. The molecule has 1 aliphatic heterocycles. The summed E-state index contributed by atoms with van der Waals surface area (Å²) in [7, 11) is 1.87. The van der Waals surface area contributed by atoms with Gasteiger partial charge in [-0.1, -0.05) is 20.8 Å². The van der Waals surface area contributed by atoms with Crippen molar-refractivity contribution in [2.24, 2.45) is 5.41 Å². The van der Waals surface area contributed by atoms with Crippen molar-refractivity contribution in [2.75, 3.05) is 20.1 Å². The lowest BCUT2D eigenvalue weighted by Gasteiger charge is -2.24. The molecule has 0 aromatic carbocycles. The molecule has 1 rings (SSSR count). The SMILES string of the molecule is CCC(C)(C)CNC1CCN(C)C1=O. The molecule has 0 aromatic rings. The second kappa shape index (κ2) is 4.30. The molecule has 1 amide bonds. The first kappa shape index (κ1) is 11.5. The van der Waals surface area contributed by atoms with E-state index < -0.39 is 0 Å². The topological polar surface area (TPSA) is 32.3 Å². The highest BCUT2D eigenvalue weighted by Gasteiger charge is 2.29. The third kappa shape index (κ3) is 2.71. The number of amides is 1. The summed E-state index contributed by atoms with van der Waals surface area (Å²) >= 11 is 0. The van der Waals surface area contributed by atoms with E-state index in [1.807, 2.05) is 7.05 Å². The maximum absolute atomic E-state index is 11.6. The number of hydrogen-bond donors (Lipinski definition) is 1. The van der Waals surface area contributed by atoms with Crippen LogP contribution in [0.5, 0.6) is 0 Å². The Bertz CT molecular complexity index is 213. The Balaban J connectivity index is 2.36. The van der Waals surface area contributed by atoms with Gasteiger partial charge in [0.2, 0.25) is 5.91 Å². The Labute approximate surface area is 86.9 Å². The van der Waals surface area contributed by atoms with Gasteiger partial charge in [0.05, 0.1) is 6.04 Å². The summed E-state index contributed by atoms with van der Waals surface area (Å²) in [5, 5.41) is 3.36. The Morgan fingerprint density at radius 1 is 1.57 bits per heavy atom. The summed E-state index contributed by atoms with van der Waals surface area (Å²) in [5.41, 5.74) is 0.293. The van der Waals surface area contributed by atoms with Crippen LogP contribution in [0.15, 0.2) is 0 Å². The molecule has 1 saturated heterocycles. The predicted molar refractivity (Wildman–Crippen MR) is 58.1 cm³/mol. The van der Waals surface area contributed by atoms with Crippen molar-refractivity contribution >= 4 is 5.91 Å². The molecule has 0 aromatic heterocycles. The monoisotopic (exact) mass is 198 g/mol. The first-order valence-corrected chi connectivity index (χ1v) is 5.44. The number of carbonyl (C=O) groups is 1. The van der Waals surface area contributed by atoms with Crippen molar-refractivity contribution in [3.63, 3.8) is 0 Å². The number of nitrogens with zero attached hydrogens (tertiary/aromatic N) is 1. The standard InChI is InChI=1S/C11H22N2O/c1-5-11(2,3)8-12-9-6-7-13(4)10(9)14/h9,12H,5-8H2,1-4H3. The number of nitrogens with one attached hydrogen (secondary N) is 1. The smallest absolute Gasteiger partial charge is 0.239 e. The minimum absolute atomic E-state index is 0.0609. The van der Waals surface area contributed by atoms with Gasteiger partial charge in [0, 0.05) is 20.1 Å².